The van der Waals surface area contributed by atoms with Crippen LogP contribution in [0.4, 0.5) is 4.39 Å². The van der Waals surface area contributed by atoms with Gasteiger partial charge in [0.15, 0.2) is 0 Å². The second-order valence-corrected chi connectivity index (χ2v) is 0.788. The molecule has 0 N–H and O–H groups in total. The Morgan fingerprint density at radius 2 is 2.50 bits per heavy atom. The smallest absolute Gasteiger partial charge is 0.265 e. The lowest BCUT2D eigenvalue weighted by atomic mass is 10.9. The van der Waals surface area contributed by atoms with E-state index in [0.717, 1.165) is 0 Å². The van der Waals surface area contributed by atoms with Gasteiger partial charge in [-0.25, -0.2) is 0 Å². The Morgan fingerprint density at radius 3 is 2.50 bits per heavy atom. The average Bonchev–Trinajstić information content (AvgIpc) is 1.35. The van der Waals surface area contributed by atoms with Gasteiger partial charge in [-0.15, -0.1) is 0 Å². The molecule has 0 bridgehead atoms. The van der Waals surface area contributed by atoms with E-state index in [4.69, 9.17) is 0 Å². The lowest BCUT2D eigenvalue weighted by Gasteiger charge is -1.91. The maximum Gasteiger partial charge on any atom is 0.265 e. The zero-order valence-corrected chi connectivity index (χ0v) is 3.70. The van der Waals surface area contributed by atoms with Crippen LogP contribution in [0.25, 0.3) is 0 Å². The van der Waals surface area contributed by atoms with Crippen molar-refractivity contribution in [3.63, 3.8) is 0 Å². The first-order valence-corrected chi connectivity index (χ1v) is 1.74. The molecule has 0 heterocycles. The quantitative estimate of drug-likeness (QED) is 0.466. The third kappa shape index (κ3) is 3.47. The van der Waals surface area contributed by atoms with E-state index in [0.29, 0.717) is 6.61 Å². The molecule has 0 aliphatic rings. The first-order chi connectivity index (χ1) is 2.77. The van der Waals surface area contributed by atoms with Gasteiger partial charge in [-0.05, 0) is 13.5 Å². The fourth-order valence-corrected chi connectivity index (χ4v) is 0.157. The Kier molecular flexibility index (Phi) is 2.46. The summed E-state index contributed by atoms with van der Waals surface area (Å²) in [6, 6.07) is -0.711. The molecule has 0 saturated heterocycles. The predicted octanol–water partition coefficient (Wildman–Crippen LogP) is 1.46. The van der Waals surface area contributed by atoms with Gasteiger partial charge in [0, 0.05) is 0 Å². The number of ether oxygens (including phenoxy) is 1. The molecular weight excluding hydrogens is 83.0 g/mol. The molecule has 0 fully saturated rings. The normalized spacial score (nSPS) is 7.67. The van der Waals surface area contributed by atoms with Gasteiger partial charge in [0.05, 0.1) is 6.61 Å². The Labute approximate surface area is 36.4 Å². The van der Waals surface area contributed by atoms with Crippen LogP contribution in [0.3, 0.4) is 0 Å². The van der Waals surface area contributed by atoms with Gasteiger partial charge in [0.2, 0.25) is 0 Å². The Balaban J connectivity index is 2.83. The van der Waals surface area contributed by atoms with Gasteiger partial charge in [0.1, 0.15) is 0 Å². The van der Waals surface area contributed by atoms with Crippen molar-refractivity contribution in [1.29, 1.82) is 0 Å². The third-order valence-corrected chi connectivity index (χ3v) is 0.301. The van der Waals surface area contributed by atoms with Gasteiger partial charge in [0.25, 0.3) is 6.01 Å². The molecule has 0 rings (SSSR count). The van der Waals surface area contributed by atoms with Crippen molar-refractivity contribution in [3.05, 3.63) is 12.6 Å². The maximum absolute atomic E-state index is 11.3. The van der Waals surface area contributed by atoms with Gasteiger partial charge < -0.3 is 4.74 Å². The van der Waals surface area contributed by atoms with Crippen LogP contribution in [0.2, 0.25) is 0 Å². The van der Waals surface area contributed by atoms with E-state index in [9.17, 15) is 4.39 Å². The lowest BCUT2D eigenvalue weighted by Crippen LogP contribution is -1.80. The minimum atomic E-state index is -0.711. The molecule has 0 spiro atoms. The molecule has 2 heteroatoms. The topological polar surface area (TPSA) is 9.23 Å². The van der Waals surface area contributed by atoms with Crippen molar-refractivity contribution >= 4 is 0 Å². The zero-order valence-electron chi connectivity index (χ0n) is 3.70. The minimum Gasteiger partial charge on any atom is -0.472 e. The second-order valence-electron chi connectivity index (χ2n) is 0.788. The van der Waals surface area contributed by atoms with Crippen LogP contribution >= 0.6 is 0 Å². The number of halogens is 1. The average molecular weight is 90.1 g/mol. The SMILES string of the molecule is C=C(F)OCC. The van der Waals surface area contributed by atoms with Gasteiger partial charge >= 0.3 is 0 Å². The summed E-state index contributed by atoms with van der Waals surface area (Å²) in [5.41, 5.74) is 0. The number of hydrogen-bond donors (Lipinski definition) is 0. The third-order valence-electron chi connectivity index (χ3n) is 0.301. The molecule has 0 aromatic heterocycles. The summed E-state index contributed by atoms with van der Waals surface area (Å²) in [6.07, 6.45) is 0. The van der Waals surface area contributed by atoms with Crippen LogP contribution in [0.1, 0.15) is 6.92 Å². The highest BCUT2D eigenvalue weighted by Gasteiger charge is 1.78. The highest BCUT2D eigenvalue weighted by molar-refractivity contribution is 4.61. The van der Waals surface area contributed by atoms with Gasteiger partial charge in [-0.1, -0.05) is 0 Å². The van der Waals surface area contributed by atoms with Crippen LogP contribution in [0.5, 0.6) is 0 Å². The van der Waals surface area contributed by atoms with Crippen LogP contribution in [-0.4, -0.2) is 6.61 Å². The summed E-state index contributed by atoms with van der Waals surface area (Å²) in [4.78, 5) is 0. The Morgan fingerprint density at radius 1 is 2.00 bits per heavy atom. The molecule has 0 unspecified atom stereocenters. The van der Waals surface area contributed by atoms with Crippen LogP contribution in [-0.2, 0) is 4.74 Å². The van der Waals surface area contributed by atoms with Gasteiger partial charge in [-0.2, -0.15) is 4.39 Å². The molecule has 0 radical (unpaired) electrons. The molecule has 0 amide bonds. The first kappa shape index (κ1) is 5.47. The van der Waals surface area contributed by atoms with E-state index < -0.39 is 6.01 Å². The highest BCUT2D eigenvalue weighted by atomic mass is 19.1. The largest absolute Gasteiger partial charge is 0.472 e. The molecular formula is C4H7FO. The van der Waals surface area contributed by atoms with Crippen LogP contribution in [0.15, 0.2) is 12.6 Å². The molecule has 0 saturated carbocycles. The van der Waals surface area contributed by atoms with Crippen molar-refractivity contribution in [2.24, 2.45) is 0 Å². The summed E-state index contributed by atoms with van der Waals surface area (Å²) in [6.45, 7) is 4.91. The van der Waals surface area contributed by atoms with Crippen molar-refractivity contribution in [2.75, 3.05) is 6.61 Å². The van der Waals surface area contributed by atoms with E-state index in [1.165, 1.54) is 0 Å². The molecule has 0 aromatic carbocycles. The lowest BCUT2D eigenvalue weighted by molar-refractivity contribution is 0.160. The number of hydrogen-bond acceptors (Lipinski definition) is 1. The van der Waals surface area contributed by atoms with Crippen LogP contribution < -0.4 is 0 Å². The summed E-state index contributed by atoms with van der Waals surface area (Å²) in [7, 11) is 0. The molecule has 0 aromatic rings. The van der Waals surface area contributed by atoms with Crippen molar-refractivity contribution in [2.45, 2.75) is 6.92 Å². The van der Waals surface area contributed by atoms with E-state index >= 15 is 0 Å². The standard InChI is InChI=1S/C4H7FO/c1-3-6-4(2)5/h2-3H2,1H3. The predicted molar refractivity (Wildman–Crippen MR) is 21.9 cm³/mol. The van der Waals surface area contributed by atoms with Crippen LogP contribution in [0, 0.1) is 0 Å². The zero-order chi connectivity index (χ0) is 4.99. The highest BCUT2D eigenvalue weighted by Crippen LogP contribution is 1.89. The maximum atomic E-state index is 11.3. The molecule has 0 aliphatic carbocycles. The second kappa shape index (κ2) is 2.69. The van der Waals surface area contributed by atoms with E-state index in [-0.39, 0.29) is 0 Å². The summed E-state index contributed by atoms with van der Waals surface area (Å²) in [5.74, 6) is 0. The monoisotopic (exact) mass is 90.0 g/mol. The van der Waals surface area contributed by atoms with Crippen molar-refractivity contribution in [1.82, 2.24) is 0 Å². The summed E-state index contributed by atoms with van der Waals surface area (Å²) >= 11 is 0. The van der Waals surface area contributed by atoms with Crippen molar-refractivity contribution in [3.8, 4) is 0 Å². The van der Waals surface area contributed by atoms with E-state index in [1.54, 1.807) is 6.92 Å². The Hall–Kier alpha value is -0.530. The molecule has 1 nitrogen and oxygen atoms in total. The Bertz CT molecular complexity index is 51.5. The van der Waals surface area contributed by atoms with E-state index in [1.807, 2.05) is 0 Å². The fraction of sp³-hybridized carbons (Fsp3) is 0.500. The molecule has 0 aliphatic heterocycles. The summed E-state index contributed by atoms with van der Waals surface area (Å²) < 4.78 is 15.5. The summed E-state index contributed by atoms with van der Waals surface area (Å²) in [5, 5.41) is 0. The van der Waals surface area contributed by atoms with E-state index in [2.05, 4.69) is 11.3 Å². The van der Waals surface area contributed by atoms with Gasteiger partial charge in [-0.3, -0.25) is 0 Å². The fourth-order valence-electron chi connectivity index (χ4n) is 0.157. The van der Waals surface area contributed by atoms with Crippen molar-refractivity contribution < 1.29 is 9.13 Å². The minimum absolute atomic E-state index is 0.356. The molecule has 0 atom stereocenters. The molecule has 6 heavy (non-hydrogen) atoms. The number of rotatable bonds is 2. The molecule has 36 valence electrons. The first-order valence-electron chi connectivity index (χ1n) is 1.74.